The maximum atomic E-state index is 13.1. The second-order valence-corrected chi connectivity index (χ2v) is 20.2. The Bertz CT molecular complexity index is 2390. The SMILES string of the molecule is CS(=O)(=O)N1CCC(COc2coc(CN3Cc4ccccc4C3)cc2=O)CC1.CS(=O)(=O)N1CCC(COc2coc(C[N+]3([O-])Cc4ccccc4C3)cc2=O)CC1. The monoisotopic (exact) mass is 852 g/mol. The van der Waals surface area contributed by atoms with Crippen LogP contribution in [-0.4, -0.2) is 86.9 Å². The second-order valence-electron chi connectivity index (χ2n) is 16.2. The maximum Gasteiger partial charge on any atom is 0.227 e. The van der Waals surface area contributed by atoms with Crippen molar-refractivity contribution in [1.29, 1.82) is 0 Å². The Balaban J connectivity index is 0.000000179. The van der Waals surface area contributed by atoms with Gasteiger partial charge in [-0.25, -0.2) is 25.4 Å². The summed E-state index contributed by atoms with van der Waals surface area (Å²) in [4.78, 5) is 27.0. The van der Waals surface area contributed by atoms with Crippen molar-refractivity contribution in [2.24, 2.45) is 11.8 Å². The zero-order valence-corrected chi connectivity index (χ0v) is 35.1. The molecule has 2 saturated heterocycles. The van der Waals surface area contributed by atoms with Gasteiger partial charge in [0, 0.05) is 62.5 Å². The van der Waals surface area contributed by atoms with Crippen molar-refractivity contribution in [2.45, 2.75) is 65.0 Å². The summed E-state index contributed by atoms with van der Waals surface area (Å²) < 4.78 is 71.3. The van der Waals surface area contributed by atoms with Gasteiger partial charge in [0.05, 0.1) is 32.3 Å². The summed E-state index contributed by atoms with van der Waals surface area (Å²) >= 11 is 0. The van der Waals surface area contributed by atoms with E-state index in [0.717, 1.165) is 37.1 Å². The molecule has 17 heteroatoms. The molecule has 8 rings (SSSR count). The number of hydrogen-bond donors (Lipinski definition) is 0. The van der Waals surface area contributed by atoms with E-state index in [1.165, 1.54) is 56.9 Å². The zero-order chi connectivity index (χ0) is 41.8. The van der Waals surface area contributed by atoms with Gasteiger partial charge in [-0.1, -0.05) is 48.5 Å². The Morgan fingerprint density at radius 3 is 1.49 bits per heavy atom. The molecule has 6 heterocycles. The fourth-order valence-electron chi connectivity index (χ4n) is 8.16. The molecule has 0 radical (unpaired) electrons. The summed E-state index contributed by atoms with van der Waals surface area (Å²) in [6, 6.07) is 18.9. The Labute approximate surface area is 345 Å². The standard InChI is InChI=1S/C21H26N2O6S.C21H26N2O5S/c1-30(26,27)22-8-6-16(7-9-22)14-29-21-15-28-19(10-20(21)24)13-23(25)11-17-4-2-3-5-18(17)12-23;1-29(25,26)23-8-6-16(7-9-23)14-28-21-15-27-19(10-20(21)24)13-22-11-17-4-2-3-5-18(17)12-22/h2-5,10,15-16H,6-9,11-14H2,1H3;2-5,10,15-16H,6-9,11-14H2,1H3. The van der Waals surface area contributed by atoms with Gasteiger partial charge in [-0.05, 0) is 48.6 Å². The van der Waals surface area contributed by atoms with Crippen molar-refractivity contribution < 1.29 is 39.8 Å². The first-order valence-corrected chi connectivity index (χ1v) is 23.6. The molecule has 0 spiro atoms. The third kappa shape index (κ3) is 11.3. The van der Waals surface area contributed by atoms with E-state index >= 15 is 0 Å². The van der Waals surface area contributed by atoms with Gasteiger partial charge in [-0.2, -0.15) is 0 Å². The lowest BCUT2D eigenvalue weighted by Crippen LogP contribution is -2.39. The number of ether oxygens (including phenoxy) is 2. The third-order valence-corrected chi connectivity index (χ3v) is 14.1. The molecule has 0 amide bonds. The molecule has 4 aromatic rings. The number of fused-ring (bicyclic) bond motifs is 2. The normalized spacial score (nSPS) is 19.1. The molecule has 59 heavy (non-hydrogen) atoms. The van der Waals surface area contributed by atoms with E-state index in [9.17, 15) is 31.6 Å². The third-order valence-electron chi connectivity index (χ3n) is 11.5. The van der Waals surface area contributed by atoms with Crippen LogP contribution in [0.3, 0.4) is 0 Å². The molecule has 2 aromatic carbocycles. The highest BCUT2D eigenvalue weighted by molar-refractivity contribution is 7.88. The lowest BCUT2D eigenvalue weighted by atomic mass is 9.99. The first kappa shape index (κ1) is 42.8. The van der Waals surface area contributed by atoms with E-state index in [0.29, 0.717) is 83.4 Å². The van der Waals surface area contributed by atoms with Crippen LogP contribution < -0.4 is 20.3 Å². The van der Waals surface area contributed by atoms with Gasteiger partial charge in [-0.15, -0.1) is 0 Å². The zero-order valence-electron chi connectivity index (χ0n) is 33.5. The number of nitrogens with zero attached hydrogens (tertiary/aromatic N) is 4. The molecule has 2 aromatic heterocycles. The van der Waals surface area contributed by atoms with E-state index < -0.39 is 24.7 Å². The summed E-state index contributed by atoms with van der Waals surface area (Å²) in [5.74, 6) is 1.71. The van der Waals surface area contributed by atoms with Crippen LogP contribution in [0.15, 0.2) is 91.6 Å². The molecular formula is C42H52N4O11S2. The van der Waals surface area contributed by atoms with Crippen LogP contribution in [-0.2, 0) is 59.3 Å². The largest absolute Gasteiger partial charge is 0.632 e. The molecular weight excluding hydrogens is 801 g/mol. The number of sulfonamides is 2. The molecule has 2 fully saturated rings. The minimum Gasteiger partial charge on any atom is -0.632 e. The Morgan fingerprint density at radius 2 is 1.07 bits per heavy atom. The minimum atomic E-state index is -3.16. The van der Waals surface area contributed by atoms with Gasteiger partial charge in [0.15, 0.2) is 5.76 Å². The lowest BCUT2D eigenvalue weighted by Gasteiger charge is -2.37. The first-order chi connectivity index (χ1) is 28.1. The first-order valence-electron chi connectivity index (χ1n) is 19.9. The Morgan fingerprint density at radius 1 is 0.661 bits per heavy atom. The van der Waals surface area contributed by atoms with Crippen molar-refractivity contribution in [3.63, 3.8) is 0 Å². The van der Waals surface area contributed by atoms with Crippen LogP contribution in [0.5, 0.6) is 11.5 Å². The van der Waals surface area contributed by atoms with Crippen molar-refractivity contribution in [1.82, 2.24) is 13.5 Å². The van der Waals surface area contributed by atoms with Crippen molar-refractivity contribution in [3.8, 4) is 11.5 Å². The van der Waals surface area contributed by atoms with Crippen LogP contribution in [0.2, 0.25) is 0 Å². The van der Waals surface area contributed by atoms with Crippen molar-refractivity contribution in [2.75, 3.05) is 51.9 Å². The molecule has 0 N–H and O–H groups in total. The average Bonchev–Trinajstić information content (AvgIpc) is 3.76. The molecule has 0 aliphatic carbocycles. The molecule has 15 nitrogen and oxygen atoms in total. The highest BCUT2D eigenvalue weighted by atomic mass is 32.2. The van der Waals surface area contributed by atoms with Crippen LogP contribution in [0.1, 0.15) is 59.5 Å². The minimum absolute atomic E-state index is 0.0914. The van der Waals surface area contributed by atoms with Gasteiger partial charge in [0.1, 0.15) is 37.9 Å². The van der Waals surface area contributed by atoms with E-state index in [4.69, 9.17) is 18.3 Å². The number of rotatable bonds is 12. The predicted octanol–water partition coefficient (Wildman–Crippen LogP) is 4.42. The number of quaternary nitrogens is 1. The van der Waals surface area contributed by atoms with Crippen LogP contribution in [0.4, 0.5) is 0 Å². The Hall–Kier alpha value is -4.36. The van der Waals surface area contributed by atoms with E-state index in [1.807, 2.05) is 36.4 Å². The fraction of sp³-hybridized carbons (Fsp3) is 0.476. The fourth-order valence-corrected chi connectivity index (χ4v) is 9.91. The van der Waals surface area contributed by atoms with Crippen LogP contribution in [0.25, 0.3) is 0 Å². The van der Waals surface area contributed by atoms with Crippen molar-refractivity contribution in [3.05, 3.63) is 133 Å². The topological polar surface area (TPSA) is 180 Å². The summed E-state index contributed by atoms with van der Waals surface area (Å²) in [6.07, 6.45) is 7.95. The van der Waals surface area contributed by atoms with E-state index in [1.54, 1.807) is 0 Å². The quantitative estimate of drug-likeness (QED) is 0.145. The highest BCUT2D eigenvalue weighted by Crippen LogP contribution is 2.31. The summed E-state index contributed by atoms with van der Waals surface area (Å²) in [5, 5.41) is 13.1. The summed E-state index contributed by atoms with van der Waals surface area (Å²) in [5.41, 5.74) is 4.21. The van der Waals surface area contributed by atoms with Gasteiger partial charge < -0.3 is 28.2 Å². The molecule has 0 bridgehead atoms. The number of piperidine rings is 2. The van der Waals surface area contributed by atoms with Gasteiger partial charge in [0.25, 0.3) is 0 Å². The van der Waals surface area contributed by atoms with Crippen LogP contribution in [0, 0.1) is 17.0 Å². The van der Waals surface area contributed by atoms with Gasteiger partial charge in [-0.3, -0.25) is 14.5 Å². The summed E-state index contributed by atoms with van der Waals surface area (Å²) in [6.45, 7) is 5.75. The van der Waals surface area contributed by atoms with Crippen LogP contribution >= 0.6 is 0 Å². The van der Waals surface area contributed by atoms with E-state index in [-0.39, 0.29) is 40.7 Å². The molecule has 4 aliphatic heterocycles. The Kier molecular flexibility index (Phi) is 13.1. The lowest BCUT2D eigenvalue weighted by molar-refractivity contribution is -0.914. The number of hydrogen-bond acceptors (Lipinski definition) is 12. The van der Waals surface area contributed by atoms with Gasteiger partial charge >= 0.3 is 0 Å². The van der Waals surface area contributed by atoms with E-state index in [2.05, 4.69) is 17.0 Å². The summed E-state index contributed by atoms with van der Waals surface area (Å²) in [7, 11) is -6.29. The smallest absolute Gasteiger partial charge is 0.227 e. The molecule has 0 saturated carbocycles. The molecule has 0 unspecified atom stereocenters. The second kappa shape index (κ2) is 18.1. The number of benzene rings is 2. The van der Waals surface area contributed by atoms with Gasteiger partial charge in [0.2, 0.25) is 42.4 Å². The number of hydroxylamine groups is 3. The highest BCUT2D eigenvalue weighted by Gasteiger charge is 2.30. The molecule has 318 valence electrons. The maximum absolute atomic E-state index is 13.1. The predicted molar refractivity (Wildman–Crippen MR) is 220 cm³/mol. The van der Waals surface area contributed by atoms with Crippen molar-refractivity contribution >= 4 is 20.0 Å². The average molecular weight is 853 g/mol. The molecule has 0 atom stereocenters. The molecule has 4 aliphatic rings.